The molecule has 0 aromatic heterocycles. The molecule has 1 heterocycles. The smallest absolute Gasteiger partial charge is 0.241 e. The summed E-state index contributed by atoms with van der Waals surface area (Å²) in [5.41, 5.74) is 0.754. The van der Waals surface area contributed by atoms with Gasteiger partial charge in [0.1, 0.15) is 5.75 Å². The number of carbonyl (C=O) groups excluding carboxylic acids is 1. The molecule has 2 unspecified atom stereocenters. The van der Waals surface area contributed by atoms with Crippen molar-refractivity contribution in [1.82, 2.24) is 5.32 Å². The van der Waals surface area contributed by atoms with E-state index in [9.17, 15) is 4.79 Å². The number of nitrogens with one attached hydrogen (secondary N) is 2. The third-order valence-electron chi connectivity index (χ3n) is 3.43. The lowest BCUT2D eigenvalue weighted by molar-refractivity contribution is -0.118. The molecule has 0 radical (unpaired) electrons. The van der Waals surface area contributed by atoms with Gasteiger partial charge in [-0.15, -0.1) is 0 Å². The molecule has 2 rings (SSSR count). The van der Waals surface area contributed by atoms with E-state index in [0.29, 0.717) is 25.5 Å². The van der Waals surface area contributed by atoms with E-state index in [2.05, 4.69) is 24.5 Å². The Hall–Kier alpha value is -1.59. The molecule has 0 saturated carbocycles. The Morgan fingerprint density at radius 3 is 2.95 bits per heavy atom. The second-order valence-electron chi connectivity index (χ2n) is 5.78. The summed E-state index contributed by atoms with van der Waals surface area (Å²) in [6, 6.07) is 7.29. The summed E-state index contributed by atoms with van der Waals surface area (Å²) in [6.07, 6.45) is 0.813. The Kier molecular flexibility index (Phi) is 5.59. The molecule has 5 nitrogen and oxygen atoms in total. The maximum atomic E-state index is 12.2. The summed E-state index contributed by atoms with van der Waals surface area (Å²) in [5, 5.41) is 6.08. The van der Waals surface area contributed by atoms with Gasteiger partial charge in [0.05, 0.1) is 18.8 Å². The fourth-order valence-corrected chi connectivity index (χ4v) is 2.24. The SMILES string of the molecule is COC1CNC(C(=O)Nc2cccc(OCC(C)C)c2)C1. The Labute approximate surface area is 126 Å². The fraction of sp³-hybridized carbons (Fsp3) is 0.562. The normalized spacial score (nSPS) is 21.5. The van der Waals surface area contributed by atoms with Crippen LogP contribution < -0.4 is 15.4 Å². The number of hydrogen-bond donors (Lipinski definition) is 2. The van der Waals surface area contributed by atoms with Gasteiger partial charge in [-0.3, -0.25) is 4.79 Å². The largest absolute Gasteiger partial charge is 0.493 e. The average Bonchev–Trinajstić information content (AvgIpc) is 2.94. The lowest BCUT2D eigenvalue weighted by Crippen LogP contribution is -2.35. The highest BCUT2D eigenvalue weighted by molar-refractivity contribution is 5.95. The van der Waals surface area contributed by atoms with Crippen LogP contribution >= 0.6 is 0 Å². The van der Waals surface area contributed by atoms with Crippen LogP contribution in [0.2, 0.25) is 0 Å². The summed E-state index contributed by atoms with van der Waals surface area (Å²) in [5.74, 6) is 1.21. The summed E-state index contributed by atoms with van der Waals surface area (Å²) in [7, 11) is 1.67. The van der Waals surface area contributed by atoms with Crippen molar-refractivity contribution in [1.29, 1.82) is 0 Å². The first-order chi connectivity index (χ1) is 10.1. The second-order valence-corrected chi connectivity index (χ2v) is 5.78. The van der Waals surface area contributed by atoms with E-state index in [4.69, 9.17) is 9.47 Å². The van der Waals surface area contributed by atoms with Crippen LogP contribution in [-0.2, 0) is 9.53 Å². The van der Waals surface area contributed by atoms with Gasteiger partial charge in [-0.05, 0) is 24.5 Å². The van der Waals surface area contributed by atoms with Crippen molar-refractivity contribution in [3.8, 4) is 5.75 Å². The van der Waals surface area contributed by atoms with E-state index in [0.717, 1.165) is 11.4 Å². The van der Waals surface area contributed by atoms with Crippen LogP contribution in [0.5, 0.6) is 5.75 Å². The molecule has 1 aromatic carbocycles. The van der Waals surface area contributed by atoms with Crippen LogP contribution in [0.25, 0.3) is 0 Å². The molecule has 0 aliphatic carbocycles. The van der Waals surface area contributed by atoms with Crippen LogP contribution in [0.1, 0.15) is 20.3 Å². The number of carbonyl (C=O) groups is 1. The van der Waals surface area contributed by atoms with Crippen molar-refractivity contribution in [2.75, 3.05) is 25.6 Å². The first-order valence-electron chi connectivity index (χ1n) is 7.38. The number of anilines is 1. The van der Waals surface area contributed by atoms with Gasteiger partial charge in [-0.2, -0.15) is 0 Å². The molecule has 1 fully saturated rings. The molecule has 0 bridgehead atoms. The monoisotopic (exact) mass is 292 g/mol. The van der Waals surface area contributed by atoms with Crippen molar-refractivity contribution < 1.29 is 14.3 Å². The van der Waals surface area contributed by atoms with Gasteiger partial charge in [-0.25, -0.2) is 0 Å². The van der Waals surface area contributed by atoms with Crippen LogP contribution in [0.4, 0.5) is 5.69 Å². The number of ether oxygens (including phenoxy) is 2. The molecule has 21 heavy (non-hydrogen) atoms. The molecule has 1 saturated heterocycles. The molecular weight excluding hydrogens is 268 g/mol. The molecule has 5 heteroatoms. The molecule has 2 N–H and O–H groups in total. The van der Waals surface area contributed by atoms with E-state index >= 15 is 0 Å². The lowest BCUT2D eigenvalue weighted by Gasteiger charge is -2.13. The molecule has 116 valence electrons. The minimum atomic E-state index is -0.199. The van der Waals surface area contributed by atoms with Crippen molar-refractivity contribution in [2.45, 2.75) is 32.4 Å². The maximum absolute atomic E-state index is 12.2. The molecule has 1 aliphatic rings. The Morgan fingerprint density at radius 2 is 2.29 bits per heavy atom. The van der Waals surface area contributed by atoms with E-state index in [1.807, 2.05) is 24.3 Å². The number of rotatable bonds is 6. The predicted molar refractivity (Wildman–Crippen MR) is 82.6 cm³/mol. The second kappa shape index (κ2) is 7.43. The van der Waals surface area contributed by atoms with Gasteiger partial charge >= 0.3 is 0 Å². The van der Waals surface area contributed by atoms with Crippen LogP contribution in [0.15, 0.2) is 24.3 Å². The molecule has 2 atom stereocenters. The Morgan fingerprint density at radius 1 is 1.48 bits per heavy atom. The predicted octanol–water partition coefficient (Wildman–Crippen LogP) is 2.04. The summed E-state index contributed by atoms with van der Waals surface area (Å²) in [6.45, 7) is 5.58. The lowest BCUT2D eigenvalue weighted by atomic mass is 10.2. The first kappa shape index (κ1) is 15.8. The van der Waals surface area contributed by atoms with Crippen molar-refractivity contribution in [3.63, 3.8) is 0 Å². The number of benzene rings is 1. The number of hydrogen-bond acceptors (Lipinski definition) is 4. The molecule has 1 aromatic rings. The van der Waals surface area contributed by atoms with Gasteiger partial charge in [0, 0.05) is 25.4 Å². The number of methoxy groups -OCH3 is 1. The summed E-state index contributed by atoms with van der Waals surface area (Å²) in [4.78, 5) is 12.2. The quantitative estimate of drug-likeness (QED) is 0.842. The Balaban J connectivity index is 1.90. The first-order valence-corrected chi connectivity index (χ1v) is 7.38. The van der Waals surface area contributed by atoms with Gasteiger partial charge in [-0.1, -0.05) is 19.9 Å². The fourth-order valence-electron chi connectivity index (χ4n) is 2.24. The van der Waals surface area contributed by atoms with Crippen molar-refractivity contribution in [2.24, 2.45) is 5.92 Å². The highest BCUT2D eigenvalue weighted by Crippen LogP contribution is 2.19. The van der Waals surface area contributed by atoms with E-state index in [-0.39, 0.29) is 18.1 Å². The molecular formula is C16H24N2O3. The van der Waals surface area contributed by atoms with Crippen molar-refractivity contribution >= 4 is 11.6 Å². The van der Waals surface area contributed by atoms with Gasteiger partial charge < -0.3 is 20.1 Å². The zero-order chi connectivity index (χ0) is 15.2. The highest BCUT2D eigenvalue weighted by atomic mass is 16.5. The van der Waals surface area contributed by atoms with Crippen LogP contribution in [0.3, 0.4) is 0 Å². The zero-order valence-corrected chi connectivity index (χ0v) is 12.9. The molecule has 1 amide bonds. The van der Waals surface area contributed by atoms with Crippen LogP contribution in [-0.4, -0.2) is 38.3 Å². The zero-order valence-electron chi connectivity index (χ0n) is 12.9. The van der Waals surface area contributed by atoms with E-state index in [1.165, 1.54) is 0 Å². The molecule has 1 aliphatic heterocycles. The van der Waals surface area contributed by atoms with Gasteiger partial charge in [0.25, 0.3) is 0 Å². The molecule has 0 spiro atoms. The third-order valence-corrected chi connectivity index (χ3v) is 3.43. The average molecular weight is 292 g/mol. The van der Waals surface area contributed by atoms with Gasteiger partial charge in [0.2, 0.25) is 5.91 Å². The van der Waals surface area contributed by atoms with Crippen LogP contribution in [0, 0.1) is 5.92 Å². The van der Waals surface area contributed by atoms with Crippen molar-refractivity contribution in [3.05, 3.63) is 24.3 Å². The summed E-state index contributed by atoms with van der Waals surface area (Å²) >= 11 is 0. The highest BCUT2D eigenvalue weighted by Gasteiger charge is 2.29. The maximum Gasteiger partial charge on any atom is 0.241 e. The topological polar surface area (TPSA) is 59.6 Å². The minimum absolute atomic E-state index is 0.0319. The minimum Gasteiger partial charge on any atom is -0.493 e. The third kappa shape index (κ3) is 4.72. The van der Waals surface area contributed by atoms with Gasteiger partial charge in [0.15, 0.2) is 0 Å². The summed E-state index contributed by atoms with van der Waals surface area (Å²) < 4.78 is 10.9. The Bertz CT molecular complexity index is 476. The number of amides is 1. The standard InChI is InChI=1S/C16H24N2O3/c1-11(2)10-21-13-6-4-5-12(7-13)18-16(19)15-8-14(20-3)9-17-15/h4-7,11,14-15,17H,8-10H2,1-3H3,(H,18,19). The van der Waals surface area contributed by atoms with E-state index < -0.39 is 0 Å². The van der Waals surface area contributed by atoms with E-state index in [1.54, 1.807) is 7.11 Å².